The van der Waals surface area contributed by atoms with Crippen molar-refractivity contribution in [2.75, 3.05) is 13.2 Å². The first-order chi connectivity index (χ1) is 7.99. The van der Waals surface area contributed by atoms with Crippen LogP contribution < -0.4 is 11.1 Å². The minimum Gasteiger partial charge on any atom is -0.480 e. The number of nitrogens with one attached hydrogen (secondary N) is 1. The number of amides is 1. The first kappa shape index (κ1) is 13.9. The van der Waals surface area contributed by atoms with E-state index in [2.05, 4.69) is 5.32 Å². The molecule has 0 aromatic carbocycles. The van der Waals surface area contributed by atoms with Crippen LogP contribution in [0.25, 0.3) is 0 Å². The van der Waals surface area contributed by atoms with E-state index >= 15 is 0 Å². The number of hydrogen-bond acceptors (Lipinski definition) is 4. The summed E-state index contributed by atoms with van der Waals surface area (Å²) in [6.45, 7) is 2.56. The molecule has 1 fully saturated rings. The molecule has 2 atom stereocenters. The number of unbranched alkanes of at least 4 members (excludes halogenated alkanes) is 1. The quantitative estimate of drug-likeness (QED) is 0.604. The standard InChI is InChI=1S/C11H20N2O4/c1-2-3-4-8(9(14)15)13-10(16)11(12)5-6-17-7-11/h8H,2-7,12H2,1H3,(H,13,16)(H,14,15)/t8-,11?/m0/s1. The Labute approximate surface area is 101 Å². The number of carboxylic acid groups (broad SMARTS) is 1. The Morgan fingerprint density at radius 1 is 1.59 bits per heavy atom. The highest BCUT2D eigenvalue weighted by Gasteiger charge is 2.39. The number of carbonyl (C=O) groups excluding carboxylic acids is 1. The van der Waals surface area contributed by atoms with Crippen molar-refractivity contribution >= 4 is 11.9 Å². The lowest BCUT2D eigenvalue weighted by Gasteiger charge is -2.23. The summed E-state index contributed by atoms with van der Waals surface area (Å²) in [6.07, 6.45) is 2.50. The predicted octanol–water partition coefficient (Wildman–Crippen LogP) is -0.136. The molecule has 0 aromatic heterocycles. The number of rotatable bonds is 6. The van der Waals surface area contributed by atoms with Gasteiger partial charge in [-0.25, -0.2) is 4.79 Å². The molecule has 0 radical (unpaired) electrons. The van der Waals surface area contributed by atoms with Crippen LogP contribution in [0.15, 0.2) is 0 Å². The highest BCUT2D eigenvalue weighted by atomic mass is 16.5. The second-order valence-electron chi connectivity index (χ2n) is 4.47. The molecule has 1 rings (SSSR count). The summed E-state index contributed by atoms with van der Waals surface area (Å²) in [5.74, 6) is -1.45. The molecule has 17 heavy (non-hydrogen) atoms. The second kappa shape index (κ2) is 5.97. The lowest BCUT2D eigenvalue weighted by Crippen LogP contribution is -2.58. The van der Waals surface area contributed by atoms with Crippen LogP contribution in [0, 0.1) is 0 Å². The van der Waals surface area contributed by atoms with E-state index < -0.39 is 23.5 Å². The molecular formula is C11H20N2O4. The number of aliphatic carboxylic acids is 1. The lowest BCUT2D eigenvalue weighted by molar-refractivity contribution is -0.143. The minimum atomic E-state index is -1.07. The Morgan fingerprint density at radius 3 is 2.76 bits per heavy atom. The Balaban J connectivity index is 2.54. The van der Waals surface area contributed by atoms with E-state index in [1.165, 1.54) is 0 Å². The molecule has 0 spiro atoms. The highest BCUT2D eigenvalue weighted by molar-refractivity contribution is 5.90. The second-order valence-corrected chi connectivity index (χ2v) is 4.47. The van der Waals surface area contributed by atoms with Gasteiger partial charge < -0.3 is 20.9 Å². The third kappa shape index (κ3) is 3.67. The Hall–Kier alpha value is -1.14. The molecule has 6 nitrogen and oxygen atoms in total. The van der Waals surface area contributed by atoms with Gasteiger partial charge in [-0.3, -0.25) is 4.79 Å². The van der Waals surface area contributed by atoms with Gasteiger partial charge in [-0.2, -0.15) is 0 Å². The molecule has 1 unspecified atom stereocenters. The molecule has 0 bridgehead atoms. The maximum atomic E-state index is 11.9. The van der Waals surface area contributed by atoms with Gasteiger partial charge in [0.2, 0.25) is 5.91 Å². The van der Waals surface area contributed by atoms with E-state index in [-0.39, 0.29) is 6.61 Å². The van der Waals surface area contributed by atoms with Gasteiger partial charge >= 0.3 is 5.97 Å². The summed E-state index contributed by atoms with van der Waals surface area (Å²) >= 11 is 0. The molecule has 1 aliphatic heterocycles. The molecule has 6 heteroatoms. The van der Waals surface area contributed by atoms with Gasteiger partial charge in [0.05, 0.1) is 6.61 Å². The van der Waals surface area contributed by atoms with Gasteiger partial charge in [0, 0.05) is 6.61 Å². The zero-order valence-corrected chi connectivity index (χ0v) is 10.1. The van der Waals surface area contributed by atoms with Gasteiger partial charge in [0.15, 0.2) is 0 Å². The van der Waals surface area contributed by atoms with Crippen LogP contribution in [-0.4, -0.2) is 41.8 Å². The van der Waals surface area contributed by atoms with Crippen molar-refractivity contribution in [3.05, 3.63) is 0 Å². The smallest absolute Gasteiger partial charge is 0.326 e. The third-order valence-corrected chi connectivity index (χ3v) is 2.95. The van der Waals surface area contributed by atoms with Crippen LogP contribution in [0.2, 0.25) is 0 Å². The van der Waals surface area contributed by atoms with Crippen LogP contribution >= 0.6 is 0 Å². The van der Waals surface area contributed by atoms with E-state index in [1.54, 1.807) is 0 Å². The van der Waals surface area contributed by atoms with Crippen molar-refractivity contribution in [2.45, 2.75) is 44.2 Å². The SMILES string of the molecule is CCCC[C@H](NC(=O)C1(N)CCOC1)C(=O)O. The number of hydrogen-bond donors (Lipinski definition) is 3. The van der Waals surface area contributed by atoms with E-state index in [1.807, 2.05) is 6.92 Å². The number of ether oxygens (including phenoxy) is 1. The Morgan fingerprint density at radius 2 is 2.29 bits per heavy atom. The zero-order valence-electron chi connectivity index (χ0n) is 10.1. The fourth-order valence-corrected chi connectivity index (χ4v) is 1.73. The van der Waals surface area contributed by atoms with Gasteiger partial charge in [-0.05, 0) is 12.8 Å². The largest absolute Gasteiger partial charge is 0.480 e. The van der Waals surface area contributed by atoms with Crippen molar-refractivity contribution in [3.8, 4) is 0 Å². The summed E-state index contributed by atoms with van der Waals surface area (Å²) in [4.78, 5) is 22.8. The van der Waals surface area contributed by atoms with Crippen molar-refractivity contribution in [1.82, 2.24) is 5.32 Å². The van der Waals surface area contributed by atoms with Crippen molar-refractivity contribution in [2.24, 2.45) is 5.73 Å². The summed E-state index contributed by atoms with van der Waals surface area (Å²) in [5.41, 5.74) is 4.78. The highest BCUT2D eigenvalue weighted by Crippen LogP contribution is 2.16. The van der Waals surface area contributed by atoms with Gasteiger partial charge in [-0.15, -0.1) is 0 Å². The maximum absolute atomic E-state index is 11.9. The number of carboxylic acids is 1. The Kier molecular flexibility index (Phi) is 4.89. The lowest BCUT2D eigenvalue weighted by atomic mass is 9.98. The molecule has 0 saturated carbocycles. The maximum Gasteiger partial charge on any atom is 0.326 e. The van der Waals surface area contributed by atoms with Crippen molar-refractivity contribution in [3.63, 3.8) is 0 Å². The van der Waals surface area contributed by atoms with Crippen molar-refractivity contribution < 1.29 is 19.4 Å². The van der Waals surface area contributed by atoms with Gasteiger partial charge in [0.1, 0.15) is 11.6 Å². The Bertz CT molecular complexity index is 287. The summed E-state index contributed by atoms with van der Waals surface area (Å²) in [6, 6.07) is -0.858. The molecule has 98 valence electrons. The topological polar surface area (TPSA) is 102 Å². The van der Waals surface area contributed by atoms with Crippen molar-refractivity contribution in [1.29, 1.82) is 0 Å². The van der Waals surface area contributed by atoms with Crippen LogP contribution in [-0.2, 0) is 14.3 Å². The first-order valence-corrected chi connectivity index (χ1v) is 5.90. The fraction of sp³-hybridized carbons (Fsp3) is 0.818. The molecule has 1 amide bonds. The van der Waals surface area contributed by atoms with Gasteiger partial charge in [-0.1, -0.05) is 19.8 Å². The molecular weight excluding hydrogens is 224 g/mol. The number of carbonyl (C=O) groups is 2. The average molecular weight is 244 g/mol. The molecule has 1 aliphatic rings. The van der Waals surface area contributed by atoms with E-state index in [9.17, 15) is 9.59 Å². The normalized spacial score (nSPS) is 25.5. The third-order valence-electron chi connectivity index (χ3n) is 2.95. The zero-order chi connectivity index (χ0) is 12.9. The van der Waals surface area contributed by atoms with Crippen LogP contribution in [0.5, 0.6) is 0 Å². The van der Waals surface area contributed by atoms with E-state index in [4.69, 9.17) is 15.6 Å². The molecule has 4 N–H and O–H groups in total. The molecule has 0 aromatic rings. The van der Waals surface area contributed by atoms with Crippen LogP contribution in [0.4, 0.5) is 0 Å². The van der Waals surface area contributed by atoms with Gasteiger partial charge in [0.25, 0.3) is 0 Å². The first-order valence-electron chi connectivity index (χ1n) is 5.90. The van der Waals surface area contributed by atoms with E-state index in [0.717, 1.165) is 12.8 Å². The molecule has 1 saturated heterocycles. The number of nitrogens with two attached hydrogens (primary N) is 1. The minimum absolute atomic E-state index is 0.152. The van der Waals surface area contributed by atoms with Crippen LogP contribution in [0.3, 0.4) is 0 Å². The predicted molar refractivity (Wildman–Crippen MR) is 61.4 cm³/mol. The average Bonchev–Trinajstić information content (AvgIpc) is 2.72. The summed E-state index contributed by atoms with van der Waals surface area (Å²) in [7, 11) is 0. The summed E-state index contributed by atoms with van der Waals surface area (Å²) < 4.78 is 5.07. The molecule has 1 heterocycles. The summed E-state index contributed by atoms with van der Waals surface area (Å²) in [5, 5.41) is 11.5. The molecule has 0 aliphatic carbocycles. The van der Waals surface area contributed by atoms with E-state index in [0.29, 0.717) is 19.4 Å². The van der Waals surface area contributed by atoms with Crippen LogP contribution in [0.1, 0.15) is 32.6 Å². The monoisotopic (exact) mass is 244 g/mol. The fourth-order valence-electron chi connectivity index (χ4n) is 1.73.